The van der Waals surface area contributed by atoms with E-state index < -0.39 is 19.3 Å². The van der Waals surface area contributed by atoms with Crippen molar-refractivity contribution in [2.45, 2.75) is 39.4 Å². The Morgan fingerprint density at radius 2 is 2.14 bits per heavy atom. The van der Waals surface area contributed by atoms with Crippen LogP contribution in [0.5, 0.6) is 0 Å². The summed E-state index contributed by atoms with van der Waals surface area (Å²) in [4.78, 5) is 0. The van der Waals surface area contributed by atoms with Gasteiger partial charge >= 0.3 is 19.3 Å². The van der Waals surface area contributed by atoms with E-state index in [1.54, 1.807) is 0 Å². The molecule has 0 heterocycles. The largest absolute Gasteiger partial charge is 0.598 e. The average Bonchev–Trinajstić information content (AvgIpc) is 2.17. The van der Waals surface area contributed by atoms with Crippen LogP contribution in [0.3, 0.4) is 0 Å². The monoisotopic (exact) mass is 228 g/mol. The average molecular weight is 229 g/mol. The Bertz CT molecular complexity index is 177. The van der Waals surface area contributed by atoms with E-state index in [-0.39, 0.29) is 6.29 Å². The van der Waals surface area contributed by atoms with Crippen molar-refractivity contribution in [2.24, 2.45) is 0 Å². The van der Waals surface area contributed by atoms with E-state index in [0.717, 1.165) is 25.9 Å². The molecule has 0 aromatic carbocycles. The standard InChI is InChI=1S/C10H17O2.ClH.Mg/c1-4-6-7-8-9-12-10(3)11-5-2;;/h10H,5-9H2,2-3H3;1H;/q;;+1/p-1. The summed E-state index contributed by atoms with van der Waals surface area (Å²) in [5.41, 5.74) is 0. The fraction of sp³-hybridized carbons (Fsp3) is 0.800. The Morgan fingerprint density at radius 1 is 1.36 bits per heavy atom. The zero-order chi connectivity index (χ0) is 10.6. The van der Waals surface area contributed by atoms with Gasteiger partial charge in [0.2, 0.25) is 0 Å². The van der Waals surface area contributed by atoms with Crippen LogP contribution < -0.4 is 0 Å². The number of ether oxygens (including phenoxy) is 2. The van der Waals surface area contributed by atoms with E-state index in [1.807, 2.05) is 13.8 Å². The predicted molar refractivity (Wildman–Crippen MR) is 60.3 cm³/mol. The van der Waals surface area contributed by atoms with Crippen molar-refractivity contribution in [3.8, 4) is 9.97 Å². The fourth-order valence-electron chi connectivity index (χ4n) is 0.983. The van der Waals surface area contributed by atoms with Crippen LogP contribution in [0.2, 0.25) is 0 Å². The molecule has 0 aliphatic heterocycles. The van der Waals surface area contributed by atoms with Gasteiger partial charge < -0.3 is 18.5 Å². The highest BCUT2D eigenvalue weighted by Gasteiger charge is 1.98. The Labute approximate surface area is 100 Å². The molecule has 1 atom stereocenters. The van der Waals surface area contributed by atoms with E-state index in [2.05, 4.69) is 9.97 Å². The molecular formula is C10H17ClMgO2. The molecule has 2 nitrogen and oxygen atoms in total. The highest BCUT2D eigenvalue weighted by Crippen LogP contribution is 1.98. The topological polar surface area (TPSA) is 18.5 Å². The quantitative estimate of drug-likeness (QED) is 0.289. The van der Waals surface area contributed by atoms with Crippen molar-refractivity contribution in [2.75, 3.05) is 13.2 Å². The minimum Gasteiger partial charge on any atom is -0.353 e. The molecule has 14 heavy (non-hydrogen) atoms. The molecule has 0 spiro atoms. The Balaban J connectivity index is 3.13. The van der Waals surface area contributed by atoms with E-state index in [9.17, 15) is 0 Å². The molecule has 0 aliphatic carbocycles. The summed E-state index contributed by atoms with van der Waals surface area (Å²) < 4.78 is 13.6. The molecule has 0 aromatic rings. The van der Waals surface area contributed by atoms with Gasteiger partial charge in [-0.3, -0.25) is 0 Å². The van der Waals surface area contributed by atoms with E-state index in [1.165, 1.54) is 0 Å². The second kappa shape index (κ2) is 11.6. The van der Waals surface area contributed by atoms with E-state index in [4.69, 9.17) is 18.5 Å². The first-order valence-corrected chi connectivity index (χ1v) is 7.90. The van der Waals surface area contributed by atoms with Crippen LogP contribution in [0, 0.1) is 9.97 Å². The van der Waals surface area contributed by atoms with Gasteiger partial charge in [-0.25, -0.2) is 4.05 Å². The first-order valence-electron chi connectivity index (χ1n) is 5.06. The minimum absolute atomic E-state index is 0.0821. The molecule has 0 saturated heterocycles. The molecular weight excluding hydrogens is 212 g/mol. The van der Waals surface area contributed by atoms with Crippen LogP contribution >= 0.6 is 9.07 Å². The summed E-state index contributed by atoms with van der Waals surface area (Å²) in [6, 6.07) is 0. The van der Waals surface area contributed by atoms with Crippen LogP contribution in [0.1, 0.15) is 33.1 Å². The molecule has 4 heteroatoms. The highest BCUT2D eigenvalue weighted by molar-refractivity contribution is 6.98. The van der Waals surface area contributed by atoms with Gasteiger partial charge in [0.05, 0.1) is 0 Å². The Morgan fingerprint density at radius 3 is 2.79 bits per heavy atom. The fourth-order valence-corrected chi connectivity index (χ4v) is 1.54. The third-order valence-corrected chi connectivity index (χ3v) is 2.43. The lowest BCUT2D eigenvalue weighted by Gasteiger charge is -2.11. The van der Waals surface area contributed by atoms with Crippen molar-refractivity contribution >= 4 is 28.3 Å². The number of unbranched alkanes of at least 4 members (excludes halogenated alkanes) is 2. The lowest BCUT2D eigenvalue weighted by molar-refractivity contribution is -0.127. The van der Waals surface area contributed by atoms with Crippen molar-refractivity contribution in [3.05, 3.63) is 0 Å². The molecule has 0 N–H and O–H groups in total. The summed E-state index contributed by atoms with van der Waals surface area (Å²) >= 11 is -0.585. The summed E-state index contributed by atoms with van der Waals surface area (Å²) in [7, 11) is 5.54. The lowest BCUT2D eigenvalue weighted by Crippen LogP contribution is -2.13. The maximum absolute atomic E-state index is 5.54. The number of hydrogen-bond acceptors (Lipinski definition) is 2. The van der Waals surface area contributed by atoms with Crippen LogP contribution in [-0.2, 0) is 9.47 Å². The summed E-state index contributed by atoms with van der Waals surface area (Å²) in [6.45, 7) is 5.34. The molecule has 0 amide bonds. The Kier molecular flexibility index (Phi) is 12.1. The molecule has 0 fully saturated rings. The highest BCUT2D eigenvalue weighted by atomic mass is 35.5. The third kappa shape index (κ3) is 10.6. The van der Waals surface area contributed by atoms with Gasteiger partial charge in [0.15, 0.2) is 6.29 Å². The first-order chi connectivity index (χ1) is 6.81. The molecule has 78 valence electrons. The summed E-state index contributed by atoms with van der Waals surface area (Å²) in [5.74, 6) is 3.04. The predicted octanol–water partition coefficient (Wildman–Crippen LogP) is 2.37. The van der Waals surface area contributed by atoms with Crippen molar-refractivity contribution < 1.29 is 9.47 Å². The molecule has 0 bridgehead atoms. The normalized spacial score (nSPS) is 11.4. The maximum Gasteiger partial charge on any atom is 0.598 e. The van der Waals surface area contributed by atoms with Gasteiger partial charge in [-0.15, -0.1) is 5.92 Å². The molecule has 0 aromatic heterocycles. The molecule has 0 saturated carbocycles. The van der Waals surface area contributed by atoms with Crippen molar-refractivity contribution in [1.29, 1.82) is 0 Å². The maximum atomic E-state index is 5.54. The molecule has 0 aliphatic rings. The Hall–Kier alpha value is 0.536. The second-order valence-electron chi connectivity index (χ2n) is 2.84. The van der Waals surface area contributed by atoms with Gasteiger partial charge in [-0.1, -0.05) is 0 Å². The zero-order valence-electron chi connectivity index (χ0n) is 9.01. The van der Waals surface area contributed by atoms with Gasteiger partial charge in [0, 0.05) is 19.6 Å². The lowest BCUT2D eigenvalue weighted by atomic mass is 10.2. The summed E-state index contributed by atoms with van der Waals surface area (Å²) in [6.07, 6.45) is 2.97. The van der Waals surface area contributed by atoms with E-state index >= 15 is 0 Å². The van der Waals surface area contributed by atoms with Gasteiger partial charge in [-0.2, -0.15) is 0 Å². The minimum atomic E-state index is -0.585. The third-order valence-electron chi connectivity index (χ3n) is 1.64. The van der Waals surface area contributed by atoms with Gasteiger partial charge in [-0.05, 0) is 26.7 Å². The number of hydrogen-bond donors (Lipinski definition) is 0. The van der Waals surface area contributed by atoms with E-state index in [0.29, 0.717) is 6.61 Å². The molecule has 0 rings (SSSR count). The first kappa shape index (κ1) is 14.5. The second-order valence-corrected chi connectivity index (χ2v) is 4.26. The van der Waals surface area contributed by atoms with Gasteiger partial charge in [0.25, 0.3) is 0 Å². The van der Waals surface area contributed by atoms with Crippen LogP contribution in [0.4, 0.5) is 0 Å². The number of halogens is 1. The van der Waals surface area contributed by atoms with Crippen molar-refractivity contribution in [3.63, 3.8) is 0 Å². The molecule has 0 radical (unpaired) electrons. The van der Waals surface area contributed by atoms with Crippen LogP contribution in [0.15, 0.2) is 0 Å². The number of rotatable bonds is 7. The van der Waals surface area contributed by atoms with Crippen LogP contribution in [-0.4, -0.2) is 38.8 Å². The van der Waals surface area contributed by atoms with Gasteiger partial charge in [0.1, 0.15) is 0 Å². The SMILES string of the molecule is CCOC(C)OCCCCC#[C][Mg][Cl]. The smallest absolute Gasteiger partial charge is 0.353 e. The molecule has 1 unspecified atom stereocenters. The summed E-state index contributed by atoms with van der Waals surface area (Å²) in [5, 5.41) is 0. The van der Waals surface area contributed by atoms with Crippen LogP contribution in [0.25, 0.3) is 0 Å². The zero-order valence-corrected chi connectivity index (χ0v) is 11.2. The van der Waals surface area contributed by atoms with Crippen molar-refractivity contribution in [1.82, 2.24) is 0 Å².